The van der Waals surface area contributed by atoms with Gasteiger partial charge in [-0.25, -0.2) is 9.48 Å². The maximum Gasteiger partial charge on any atom is 0.343 e. The third kappa shape index (κ3) is 4.07. The smallest absolute Gasteiger partial charge is 0.343 e. The van der Waals surface area contributed by atoms with Gasteiger partial charge in [0.2, 0.25) is 0 Å². The number of ether oxygens (including phenoxy) is 1. The maximum absolute atomic E-state index is 11.4. The zero-order valence-corrected chi connectivity index (χ0v) is 14.3. The molecule has 0 spiro atoms. The first-order valence-electron chi connectivity index (χ1n) is 7.47. The van der Waals surface area contributed by atoms with Gasteiger partial charge in [0.1, 0.15) is 17.7 Å². The number of aromatic nitrogens is 3. The second kappa shape index (κ2) is 6.95. The molecule has 0 aliphatic carbocycles. The molecule has 124 valence electrons. The fourth-order valence-corrected chi connectivity index (χ4v) is 3.02. The molecule has 23 heavy (non-hydrogen) atoms. The summed E-state index contributed by atoms with van der Waals surface area (Å²) < 4.78 is 7.31. The average Bonchev–Trinajstić information content (AvgIpc) is 2.81. The molecule has 1 N–H and O–H groups in total. The van der Waals surface area contributed by atoms with Gasteiger partial charge < -0.3 is 4.74 Å². The van der Waals surface area contributed by atoms with Gasteiger partial charge in [-0.05, 0) is 31.5 Å². The molecule has 1 saturated heterocycles. The summed E-state index contributed by atoms with van der Waals surface area (Å²) in [4.78, 5) is 16.4. The highest BCUT2D eigenvalue weighted by Gasteiger charge is 2.22. The molecule has 3 rings (SSSR count). The minimum absolute atomic E-state index is 0.0800. The first-order chi connectivity index (χ1) is 11.0. The molecular formula is C15H18Cl2N4O2. The Labute approximate surface area is 144 Å². The Hall–Kier alpha value is -1.50. The summed E-state index contributed by atoms with van der Waals surface area (Å²) >= 11 is 11.9. The van der Waals surface area contributed by atoms with Crippen LogP contribution in [-0.4, -0.2) is 38.9 Å². The Morgan fingerprint density at radius 3 is 2.91 bits per heavy atom. The second-order valence-corrected chi connectivity index (χ2v) is 6.51. The number of aryl methyl sites for hydroxylation is 1. The number of hydrogen-bond acceptors (Lipinski definition) is 4. The number of nitrogens with zero attached hydrogens (tertiary/aromatic N) is 3. The first kappa shape index (κ1) is 16.4. The summed E-state index contributed by atoms with van der Waals surface area (Å²) in [6.07, 6.45) is 2.09. The molecule has 0 saturated carbocycles. The van der Waals surface area contributed by atoms with Crippen LogP contribution in [0.15, 0.2) is 23.0 Å². The van der Waals surface area contributed by atoms with Crippen molar-refractivity contribution < 1.29 is 4.74 Å². The summed E-state index contributed by atoms with van der Waals surface area (Å²) in [6.45, 7) is 2.34. The zero-order chi connectivity index (χ0) is 16.4. The van der Waals surface area contributed by atoms with Gasteiger partial charge in [-0.15, -0.1) is 0 Å². The Balaban J connectivity index is 1.61. The molecule has 0 amide bonds. The van der Waals surface area contributed by atoms with Crippen LogP contribution in [0.2, 0.25) is 10.0 Å². The van der Waals surface area contributed by atoms with E-state index in [-0.39, 0.29) is 11.8 Å². The van der Waals surface area contributed by atoms with Crippen LogP contribution < -0.4 is 10.4 Å². The van der Waals surface area contributed by atoms with Crippen LogP contribution in [0.5, 0.6) is 5.75 Å². The minimum atomic E-state index is -0.194. The lowest BCUT2D eigenvalue weighted by Crippen LogP contribution is -2.40. The molecule has 1 aromatic heterocycles. The van der Waals surface area contributed by atoms with E-state index in [1.165, 1.54) is 4.68 Å². The van der Waals surface area contributed by atoms with E-state index in [2.05, 4.69) is 15.0 Å². The van der Waals surface area contributed by atoms with Crippen LogP contribution in [0, 0.1) is 0 Å². The predicted octanol–water partition coefficient (Wildman–Crippen LogP) is 2.46. The lowest BCUT2D eigenvalue weighted by atomic mass is 10.1. The van der Waals surface area contributed by atoms with Crippen LogP contribution in [0.1, 0.15) is 18.7 Å². The quantitative estimate of drug-likeness (QED) is 0.913. The Bertz CT molecular complexity index is 743. The Morgan fingerprint density at radius 2 is 2.22 bits per heavy atom. The van der Waals surface area contributed by atoms with Crippen molar-refractivity contribution in [2.75, 3.05) is 13.1 Å². The van der Waals surface area contributed by atoms with Gasteiger partial charge in [0, 0.05) is 19.7 Å². The normalized spacial score (nSPS) is 19.0. The molecule has 1 aliphatic rings. The van der Waals surface area contributed by atoms with E-state index in [9.17, 15) is 4.79 Å². The number of H-pyrrole nitrogens is 1. The number of piperidine rings is 1. The molecule has 0 bridgehead atoms. The van der Waals surface area contributed by atoms with Gasteiger partial charge in [-0.1, -0.05) is 23.2 Å². The number of rotatable bonds is 4. The molecule has 0 unspecified atom stereocenters. The molecule has 1 atom stereocenters. The van der Waals surface area contributed by atoms with E-state index in [0.29, 0.717) is 22.4 Å². The lowest BCUT2D eigenvalue weighted by molar-refractivity contribution is 0.0828. The molecule has 6 nitrogen and oxygen atoms in total. The number of benzene rings is 1. The van der Waals surface area contributed by atoms with Crippen LogP contribution >= 0.6 is 23.2 Å². The van der Waals surface area contributed by atoms with Gasteiger partial charge in [0.05, 0.1) is 16.6 Å². The predicted molar refractivity (Wildman–Crippen MR) is 89.2 cm³/mol. The van der Waals surface area contributed by atoms with Crippen molar-refractivity contribution in [2.45, 2.75) is 25.5 Å². The zero-order valence-electron chi connectivity index (χ0n) is 12.8. The number of aromatic amines is 1. The molecule has 1 aliphatic heterocycles. The molecule has 1 aromatic carbocycles. The van der Waals surface area contributed by atoms with Crippen molar-refractivity contribution in [3.63, 3.8) is 0 Å². The lowest BCUT2D eigenvalue weighted by Gasteiger charge is -2.32. The second-order valence-electron chi connectivity index (χ2n) is 5.69. The van der Waals surface area contributed by atoms with Crippen molar-refractivity contribution >= 4 is 23.2 Å². The molecule has 1 fully saturated rings. The third-order valence-electron chi connectivity index (χ3n) is 3.85. The molecule has 2 heterocycles. The van der Waals surface area contributed by atoms with Gasteiger partial charge in [0.25, 0.3) is 0 Å². The van der Waals surface area contributed by atoms with Crippen LogP contribution in [0.25, 0.3) is 0 Å². The summed E-state index contributed by atoms with van der Waals surface area (Å²) in [5.41, 5.74) is -0.194. The maximum atomic E-state index is 11.4. The number of nitrogens with one attached hydrogen (secondary N) is 1. The number of hydrogen-bond donors (Lipinski definition) is 1. The van der Waals surface area contributed by atoms with E-state index in [1.807, 2.05) is 6.07 Å². The highest BCUT2D eigenvalue weighted by Crippen LogP contribution is 2.28. The van der Waals surface area contributed by atoms with Gasteiger partial charge >= 0.3 is 5.69 Å². The van der Waals surface area contributed by atoms with Crippen LogP contribution in [-0.2, 0) is 13.6 Å². The topological polar surface area (TPSA) is 63.1 Å². The monoisotopic (exact) mass is 356 g/mol. The van der Waals surface area contributed by atoms with E-state index in [1.54, 1.807) is 19.2 Å². The van der Waals surface area contributed by atoms with Gasteiger partial charge in [-0.3, -0.25) is 9.88 Å². The van der Waals surface area contributed by atoms with Crippen molar-refractivity contribution in [2.24, 2.45) is 7.05 Å². The van der Waals surface area contributed by atoms with Crippen LogP contribution in [0.4, 0.5) is 0 Å². The average molecular weight is 357 g/mol. The molecule has 2 aromatic rings. The first-order valence-corrected chi connectivity index (χ1v) is 8.23. The van der Waals surface area contributed by atoms with Gasteiger partial charge in [0.15, 0.2) is 0 Å². The van der Waals surface area contributed by atoms with Crippen molar-refractivity contribution in [3.8, 4) is 5.75 Å². The summed E-state index contributed by atoms with van der Waals surface area (Å²) in [5, 5.41) is 5.17. The molecule has 0 radical (unpaired) electrons. The SMILES string of the molecule is Cn1nc(CN2CCC[C@H](Oc3ccc(Cl)c(Cl)c3)C2)[nH]c1=O. The highest BCUT2D eigenvalue weighted by molar-refractivity contribution is 6.42. The third-order valence-corrected chi connectivity index (χ3v) is 4.58. The standard InChI is InChI=1S/C15H18Cl2N4O2/c1-20-15(22)18-14(19-20)9-21-6-2-3-11(8-21)23-10-4-5-12(16)13(17)7-10/h4-5,7,11H,2-3,6,8-9H2,1H3,(H,18,19,22)/t11-/m0/s1. The van der Waals surface area contributed by atoms with Crippen LogP contribution in [0.3, 0.4) is 0 Å². The van der Waals surface area contributed by atoms with Gasteiger partial charge in [-0.2, -0.15) is 5.10 Å². The fourth-order valence-electron chi connectivity index (χ4n) is 2.73. The van der Waals surface area contributed by atoms with Crippen molar-refractivity contribution in [3.05, 3.63) is 44.6 Å². The highest BCUT2D eigenvalue weighted by atomic mass is 35.5. The van der Waals surface area contributed by atoms with E-state index < -0.39 is 0 Å². The molecule has 8 heteroatoms. The minimum Gasteiger partial charge on any atom is -0.489 e. The number of likely N-dealkylation sites (tertiary alicyclic amines) is 1. The van der Waals surface area contributed by atoms with Crippen molar-refractivity contribution in [1.29, 1.82) is 0 Å². The van der Waals surface area contributed by atoms with E-state index in [0.717, 1.165) is 31.7 Å². The summed E-state index contributed by atoms with van der Waals surface area (Å²) in [7, 11) is 1.63. The Kier molecular flexibility index (Phi) is 4.94. The van der Waals surface area contributed by atoms with E-state index >= 15 is 0 Å². The fraction of sp³-hybridized carbons (Fsp3) is 0.467. The number of halogens is 2. The molecular weight excluding hydrogens is 339 g/mol. The summed E-state index contributed by atoms with van der Waals surface area (Å²) in [5.74, 6) is 1.39. The summed E-state index contributed by atoms with van der Waals surface area (Å²) in [6, 6.07) is 5.29. The largest absolute Gasteiger partial charge is 0.489 e. The Morgan fingerprint density at radius 1 is 1.39 bits per heavy atom. The van der Waals surface area contributed by atoms with E-state index in [4.69, 9.17) is 27.9 Å². The van der Waals surface area contributed by atoms with Crippen molar-refractivity contribution in [1.82, 2.24) is 19.7 Å².